The Hall–Kier alpha value is -1.14. The highest BCUT2D eigenvalue weighted by molar-refractivity contribution is 7.16. The molecular weight excluding hydrogens is 226 g/mol. The molecule has 1 unspecified atom stereocenters. The molecule has 1 atom stereocenters. The summed E-state index contributed by atoms with van der Waals surface area (Å²) < 4.78 is 5.18. The summed E-state index contributed by atoms with van der Waals surface area (Å²) in [6, 6.07) is -0.233. The largest absolute Gasteiger partial charge is 0.455 e. The summed E-state index contributed by atoms with van der Waals surface area (Å²) in [6.45, 7) is 7.16. The van der Waals surface area contributed by atoms with Crippen LogP contribution in [0.25, 0.3) is 0 Å². The van der Waals surface area contributed by atoms with Gasteiger partial charge in [0, 0.05) is 0 Å². The van der Waals surface area contributed by atoms with Crippen LogP contribution in [0.2, 0.25) is 0 Å². The molecule has 4 N–H and O–H groups in total. The lowest BCUT2D eigenvalue weighted by Crippen LogP contribution is -2.24. The van der Waals surface area contributed by atoms with Crippen LogP contribution >= 0.6 is 11.3 Å². The Morgan fingerprint density at radius 2 is 2.06 bits per heavy atom. The number of nitrogens with two attached hydrogens (primary N) is 2. The summed E-state index contributed by atoms with van der Waals surface area (Å²) in [4.78, 5) is 15.8. The molecule has 6 heteroatoms. The fraction of sp³-hybridized carbons (Fsp3) is 0.600. The lowest BCUT2D eigenvalue weighted by Gasteiger charge is -2.18. The molecule has 0 spiro atoms. The van der Waals surface area contributed by atoms with Gasteiger partial charge in [0.1, 0.15) is 15.6 Å². The molecule has 1 aromatic heterocycles. The molecule has 1 heterocycles. The first-order chi connectivity index (χ1) is 7.20. The number of esters is 1. The maximum atomic E-state index is 11.7. The van der Waals surface area contributed by atoms with Crippen molar-refractivity contribution in [1.82, 2.24) is 4.98 Å². The quantitative estimate of drug-likeness (QED) is 0.771. The zero-order valence-electron chi connectivity index (χ0n) is 9.90. The van der Waals surface area contributed by atoms with Crippen molar-refractivity contribution in [2.45, 2.75) is 39.3 Å². The number of aromatic nitrogens is 1. The van der Waals surface area contributed by atoms with E-state index in [1.54, 1.807) is 27.7 Å². The predicted octanol–water partition coefficient (Wildman–Crippen LogP) is 1.70. The van der Waals surface area contributed by atoms with Gasteiger partial charge in [-0.1, -0.05) is 11.3 Å². The van der Waals surface area contributed by atoms with Gasteiger partial charge in [0.25, 0.3) is 0 Å². The first-order valence-electron chi connectivity index (χ1n) is 4.96. The van der Waals surface area contributed by atoms with E-state index in [0.717, 1.165) is 0 Å². The molecule has 90 valence electrons. The molecule has 0 saturated heterocycles. The van der Waals surface area contributed by atoms with Crippen LogP contribution in [-0.4, -0.2) is 16.6 Å². The minimum atomic E-state index is -0.554. The summed E-state index contributed by atoms with van der Waals surface area (Å²) in [7, 11) is 0. The second-order valence-corrected chi connectivity index (χ2v) is 5.62. The molecule has 16 heavy (non-hydrogen) atoms. The van der Waals surface area contributed by atoms with E-state index in [2.05, 4.69) is 4.98 Å². The Kier molecular flexibility index (Phi) is 3.54. The van der Waals surface area contributed by atoms with Crippen LogP contribution in [0.5, 0.6) is 0 Å². The molecule has 0 saturated carbocycles. The molecule has 0 fully saturated rings. The molecule has 0 aliphatic heterocycles. The van der Waals surface area contributed by atoms with Gasteiger partial charge in [0.05, 0.1) is 6.04 Å². The van der Waals surface area contributed by atoms with E-state index >= 15 is 0 Å². The monoisotopic (exact) mass is 243 g/mol. The number of nitrogen functional groups attached to an aromatic ring is 1. The average molecular weight is 243 g/mol. The lowest BCUT2D eigenvalue weighted by molar-refractivity contribution is 0.00647. The number of anilines is 1. The standard InChI is InChI=1S/C10H17N3O2S/c1-5(11)8-13-6(7(12)16-8)9(14)15-10(2,3)4/h5H,11-12H2,1-4H3. The van der Waals surface area contributed by atoms with Crippen LogP contribution in [0.1, 0.15) is 49.2 Å². The fourth-order valence-corrected chi connectivity index (χ4v) is 1.79. The summed E-state index contributed by atoms with van der Waals surface area (Å²) in [5.74, 6) is -0.506. The van der Waals surface area contributed by atoms with Crippen molar-refractivity contribution < 1.29 is 9.53 Å². The highest BCUT2D eigenvalue weighted by Crippen LogP contribution is 2.26. The van der Waals surface area contributed by atoms with Crippen molar-refractivity contribution in [2.24, 2.45) is 5.73 Å². The van der Waals surface area contributed by atoms with E-state index in [1.807, 2.05) is 0 Å². The van der Waals surface area contributed by atoms with Gasteiger partial charge in [0.15, 0.2) is 5.69 Å². The van der Waals surface area contributed by atoms with Gasteiger partial charge < -0.3 is 16.2 Å². The summed E-state index contributed by atoms with van der Waals surface area (Å²) in [5, 5.41) is 0.986. The number of hydrogen-bond acceptors (Lipinski definition) is 6. The number of rotatable bonds is 2. The molecule has 0 radical (unpaired) electrons. The van der Waals surface area contributed by atoms with E-state index in [1.165, 1.54) is 11.3 Å². The third-order valence-corrected chi connectivity index (χ3v) is 2.74. The second-order valence-electron chi connectivity index (χ2n) is 4.56. The normalized spacial score (nSPS) is 13.6. The van der Waals surface area contributed by atoms with Gasteiger partial charge in [-0.25, -0.2) is 9.78 Å². The molecule has 0 aliphatic rings. The number of thiazole rings is 1. The van der Waals surface area contributed by atoms with Crippen LogP contribution in [0.4, 0.5) is 5.00 Å². The maximum absolute atomic E-state index is 11.7. The molecule has 0 aromatic carbocycles. The Morgan fingerprint density at radius 3 is 2.44 bits per heavy atom. The lowest BCUT2D eigenvalue weighted by atomic mass is 10.2. The van der Waals surface area contributed by atoms with Crippen LogP contribution in [0.3, 0.4) is 0 Å². The van der Waals surface area contributed by atoms with Crippen molar-refractivity contribution in [3.05, 3.63) is 10.7 Å². The summed E-state index contributed by atoms with van der Waals surface area (Å²) in [5.41, 5.74) is 11.0. The van der Waals surface area contributed by atoms with E-state index < -0.39 is 11.6 Å². The number of hydrogen-bond donors (Lipinski definition) is 2. The van der Waals surface area contributed by atoms with Crippen molar-refractivity contribution in [3.8, 4) is 0 Å². The second kappa shape index (κ2) is 4.39. The Bertz CT molecular complexity index is 393. The minimum Gasteiger partial charge on any atom is -0.455 e. The Labute approximate surface area is 98.8 Å². The molecule has 0 bridgehead atoms. The predicted molar refractivity (Wildman–Crippen MR) is 64.3 cm³/mol. The van der Waals surface area contributed by atoms with Gasteiger partial charge in [-0.15, -0.1) is 0 Å². The van der Waals surface area contributed by atoms with Gasteiger partial charge >= 0.3 is 5.97 Å². The molecule has 1 aromatic rings. The van der Waals surface area contributed by atoms with Crippen LogP contribution in [0.15, 0.2) is 0 Å². The van der Waals surface area contributed by atoms with Gasteiger partial charge in [-0.3, -0.25) is 0 Å². The minimum absolute atomic E-state index is 0.159. The van der Waals surface area contributed by atoms with Gasteiger partial charge in [0.2, 0.25) is 0 Å². The number of carbonyl (C=O) groups excluding carboxylic acids is 1. The maximum Gasteiger partial charge on any atom is 0.360 e. The third-order valence-electron chi connectivity index (χ3n) is 1.65. The van der Waals surface area contributed by atoms with Crippen LogP contribution < -0.4 is 11.5 Å². The van der Waals surface area contributed by atoms with Crippen molar-refractivity contribution in [3.63, 3.8) is 0 Å². The van der Waals surface area contributed by atoms with Gasteiger partial charge in [-0.05, 0) is 27.7 Å². The molecule has 5 nitrogen and oxygen atoms in total. The zero-order chi connectivity index (χ0) is 12.5. The smallest absolute Gasteiger partial charge is 0.360 e. The SMILES string of the molecule is CC(N)c1nc(C(=O)OC(C)(C)C)c(N)s1. The number of carbonyl (C=O) groups is 1. The number of ether oxygens (including phenoxy) is 1. The molecular formula is C10H17N3O2S. The van der Waals surface area contributed by atoms with Crippen molar-refractivity contribution in [2.75, 3.05) is 5.73 Å². The van der Waals surface area contributed by atoms with E-state index in [4.69, 9.17) is 16.2 Å². The molecule has 0 aliphatic carbocycles. The Morgan fingerprint density at radius 1 is 1.50 bits per heavy atom. The summed E-state index contributed by atoms with van der Waals surface area (Å²) in [6.07, 6.45) is 0. The topological polar surface area (TPSA) is 91.2 Å². The molecule has 0 amide bonds. The van der Waals surface area contributed by atoms with Crippen molar-refractivity contribution >= 4 is 22.3 Å². The highest BCUT2D eigenvalue weighted by atomic mass is 32.1. The van der Waals surface area contributed by atoms with Crippen molar-refractivity contribution in [1.29, 1.82) is 0 Å². The summed E-state index contributed by atoms with van der Waals surface area (Å²) >= 11 is 1.22. The van der Waals surface area contributed by atoms with Crippen LogP contribution in [-0.2, 0) is 4.74 Å². The number of nitrogens with zero attached hydrogens (tertiary/aromatic N) is 1. The van der Waals surface area contributed by atoms with Gasteiger partial charge in [-0.2, -0.15) is 0 Å². The van der Waals surface area contributed by atoms with E-state index in [9.17, 15) is 4.79 Å². The Balaban J connectivity index is 2.92. The first-order valence-corrected chi connectivity index (χ1v) is 5.77. The highest BCUT2D eigenvalue weighted by Gasteiger charge is 2.23. The fourth-order valence-electron chi connectivity index (χ4n) is 1.02. The average Bonchev–Trinajstić information content (AvgIpc) is 2.44. The molecule has 1 rings (SSSR count). The van der Waals surface area contributed by atoms with Crippen LogP contribution in [0, 0.1) is 0 Å². The third kappa shape index (κ3) is 3.18. The first kappa shape index (κ1) is 12.9. The van der Waals surface area contributed by atoms with E-state index in [0.29, 0.717) is 10.0 Å². The zero-order valence-corrected chi connectivity index (χ0v) is 10.7. The van der Waals surface area contributed by atoms with E-state index in [-0.39, 0.29) is 11.7 Å².